The molecule has 1 saturated heterocycles. The normalized spacial score (nSPS) is 27.9. The van der Waals surface area contributed by atoms with Crippen molar-refractivity contribution in [2.45, 2.75) is 64.5 Å². The Labute approximate surface area is 151 Å². The lowest BCUT2D eigenvalue weighted by Gasteiger charge is -2.36. The fourth-order valence-electron chi connectivity index (χ4n) is 4.27. The zero-order valence-electron chi connectivity index (χ0n) is 15.6. The Hall–Kier alpha value is -1.92. The third kappa shape index (κ3) is 2.55. The van der Waals surface area contributed by atoms with Crippen LogP contribution < -0.4 is 10.6 Å². The number of hydrogen-bond acceptors (Lipinski definition) is 3. The summed E-state index contributed by atoms with van der Waals surface area (Å²) >= 11 is 0. The van der Waals surface area contributed by atoms with E-state index in [1.807, 2.05) is 12.1 Å². The second-order valence-electron chi connectivity index (χ2n) is 8.13. The number of alkyl halides is 2. The first-order chi connectivity index (χ1) is 12.3. The summed E-state index contributed by atoms with van der Waals surface area (Å²) in [6.07, 6.45) is 4.43. The van der Waals surface area contributed by atoms with E-state index in [0.717, 1.165) is 31.6 Å². The summed E-state index contributed by atoms with van der Waals surface area (Å²) in [7, 11) is 1.67. The monoisotopic (exact) mass is 364 g/mol. The Morgan fingerprint density at radius 2 is 2.04 bits per heavy atom. The van der Waals surface area contributed by atoms with E-state index in [0.29, 0.717) is 17.2 Å². The summed E-state index contributed by atoms with van der Waals surface area (Å²) in [5.41, 5.74) is -0.209. The molecule has 2 unspecified atom stereocenters. The molecule has 2 fully saturated rings. The first-order valence-electron chi connectivity index (χ1n) is 9.48. The van der Waals surface area contributed by atoms with E-state index >= 15 is 0 Å². The second-order valence-corrected chi connectivity index (χ2v) is 8.13. The molecule has 4 rings (SSSR count). The maximum Gasteiger partial charge on any atom is 0.330 e. The predicted octanol–water partition coefficient (Wildman–Crippen LogP) is 3.55. The lowest BCUT2D eigenvalue weighted by Crippen LogP contribution is -2.39. The third-order valence-electron chi connectivity index (χ3n) is 6.24. The van der Waals surface area contributed by atoms with Crippen molar-refractivity contribution in [2.75, 3.05) is 11.4 Å². The minimum absolute atomic E-state index is 0.0263. The molecule has 142 valence electrons. The van der Waals surface area contributed by atoms with E-state index < -0.39 is 11.3 Å². The number of anilines is 1. The van der Waals surface area contributed by atoms with E-state index in [1.54, 1.807) is 14.0 Å². The van der Waals surface area contributed by atoms with Crippen molar-refractivity contribution in [2.24, 2.45) is 12.5 Å². The summed E-state index contributed by atoms with van der Waals surface area (Å²) in [4.78, 5) is 19.7. The fourth-order valence-corrected chi connectivity index (χ4v) is 4.27. The van der Waals surface area contributed by atoms with Gasteiger partial charge in [-0.15, -0.1) is 0 Å². The van der Waals surface area contributed by atoms with Crippen molar-refractivity contribution < 1.29 is 8.78 Å². The lowest BCUT2D eigenvalue weighted by atomic mass is 10.00. The van der Waals surface area contributed by atoms with Gasteiger partial charge in [-0.3, -0.25) is 9.13 Å². The number of halogens is 2. The summed E-state index contributed by atoms with van der Waals surface area (Å²) in [5.74, 6) is -1.82. The molecule has 0 N–H and O–H groups in total. The Kier molecular flexibility index (Phi) is 3.90. The standard InChI is InChI=1S/C19H26F2N4O/c1-4-13-7-5-6-10-24(13)15-9-8-14-16(22-15)23(3)17(26)25(14)12-18(2)11-19(18,20)21/h8-9,13H,4-7,10-12H2,1-3H3. The van der Waals surface area contributed by atoms with Gasteiger partial charge in [0.15, 0.2) is 5.65 Å². The van der Waals surface area contributed by atoms with Gasteiger partial charge < -0.3 is 4.90 Å². The van der Waals surface area contributed by atoms with Gasteiger partial charge in [-0.2, -0.15) is 0 Å². The van der Waals surface area contributed by atoms with Crippen molar-refractivity contribution in [3.8, 4) is 0 Å². The van der Waals surface area contributed by atoms with Crippen LogP contribution in [0.25, 0.3) is 11.2 Å². The highest BCUT2D eigenvalue weighted by Crippen LogP contribution is 2.61. The van der Waals surface area contributed by atoms with Gasteiger partial charge in [0, 0.05) is 32.6 Å². The van der Waals surface area contributed by atoms with E-state index in [9.17, 15) is 13.6 Å². The highest BCUT2D eigenvalue weighted by atomic mass is 19.3. The van der Waals surface area contributed by atoms with Crippen LogP contribution in [0, 0.1) is 5.41 Å². The van der Waals surface area contributed by atoms with Gasteiger partial charge in [-0.1, -0.05) is 13.8 Å². The number of fused-ring (bicyclic) bond motifs is 1. The Morgan fingerprint density at radius 3 is 2.69 bits per heavy atom. The maximum atomic E-state index is 13.6. The number of aromatic nitrogens is 3. The van der Waals surface area contributed by atoms with Gasteiger partial charge in [0.1, 0.15) is 5.82 Å². The van der Waals surface area contributed by atoms with Gasteiger partial charge in [0.05, 0.1) is 10.9 Å². The number of rotatable bonds is 4. The topological polar surface area (TPSA) is 43.1 Å². The van der Waals surface area contributed by atoms with Gasteiger partial charge in [0.25, 0.3) is 5.92 Å². The zero-order chi connectivity index (χ0) is 18.7. The molecule has 0 aromatic carbocycles. The lowest BCUT2D eigenvalue weighted by molar-refractivity contribution is 0.0637. The van der Waals surface area contributed by atoms with Crippen LogP contribution in [0.15, 0.2) is 16.9 Å². The van der Waals surface area contributed by atoms with Crippen molar-refractivity contribution in [3.05, 3.63) is 22.6 Å². The third-order valence-corrected chi connectivity index (χ3v) is 6.24. The molecule has 26 heavy (non-hydrogen) atoms. The Balaban J connectivity index is 1.74. The molecular formula is C19H26F2N4O. The minimum atomic E-state index is -2.69. The number of pyridine rings is 1. The summed E-state index contributed by atoms with van der Waals surface area (Å²) in [6, 6.07) is 4.26. The molecule has 3 heterocycles. The van der Waals surface area contributed by atoms with Crippen molar-refractivity contribution >= 4 is 17.0 Å². The molecule has 0 bridgehead atoms. The number of aryl methyl sites for hydroxylation is 1. The van der Waals surface area contributed by atoms with E-state index in [4.69, 9.17) is 4.98 Å². The molecule has 0 amide bonds. The van der Waals surface area contributed by atoms with Crippen LogP contribution >= 0.6 is 0 Å². The average molecular weight is 364 g/mol. The predicted molar refractivity (Wildman–Crippen MR) is 97.9 cm³/mol. The van der Waals surface area contributed by atoms with E-state index in [2.05, 4.69) is 11.8 Å². The van der Waals surface area contributed by atoms with Crippen LogP contribution in [0.5, 0.6) is 0 Å². The largest absolute Gasteiger partial charge is 0.354 e. The molecule has 2 aromatic rings. The van der Waals surface area contributed by atoms with Gasteiger partial charge in [-0.25, -0.2) is 18.6 Å². The van der Waals surface area contributed by atoms with Crippen LogP contribution in [0.3, 0.4) is 0 Å². The summed E-state index contributed by atoms with van der Waals surface area (Å²) in [5, 5.41) is 0. The number of nitrogens with zero attached hydrogens (tertiary/aromatic N) is 4. The number of imidazole rings is 1. The summed E-state index contributed by atoms with van der Waals surface area (Å²) in [6.45, 7) is 4.72. The molecule has 0 spiro atoms. The molecule has 5 nitrogen and oxygen atoms in total. The molecule has 2 atom stereocenters. The van der Waals surface area contributed by atoms with Crippen LogP contribution in [0.1, 0.15) is 46.0 Å². The van der Waals surface area contributed by atoms with Crippen molar-refractivity contribution in [3.63, 3.8) is 0 Å². The highest BCUT2D eigenvalue weighted by Gasteiger charge is 2.68. The van der Waals surface area contributed by atoms with E-state index in [1.165, 1.54) is 15.6 Å². The Bertz CT molecular complexity index is 903. The smallest absolute Gasteiger partial charge is 0.330 e. The SMILES string of the molecule is CCC1CCCCN1c1ccc2c(n1)n(C)c(=O)n2CC1(C)CC1(F)F. The minimum Gasteiger partial charge on any atom is -0.354 e. The highest BCUT2D eigenvalue weighted by molar-refractivity contribution is 5.74. The van der Waals surface area contributed by atoms with Crippen molar-refractivity contribution in [1.82, 2.24) is 14.1 Å². The zero-order valence-corrected chi connectivity index (χ0v) is 15.6. The van der Waals surface area contributed by atoms with Crippen LogP contribution in [-0.2, 0) is 13.6 Å². The van der Waals surface area contributed by atoms with Gasteiger partial charge in [-0.05, 0) is 37.8 Å². The first kappa shape index (κ1) is 17.5. The molecule has 1 aliphatic carbocycles. The molecule has 0 radical (unpaired) electrons. The van der Waals surface area contributed by atoms with Crippen LogP contribution in [0.2, 0.25) is 0 Å². The van der Waals surface area contributed by atoms with Crippen LogP contribution in [0.4, 0.5) is 14.6 Å². The van der Waals surface area contributed by atoms with E-state index in [-0.39, 0.29) is 18.7 Å². The quantitative estimate of drug-likeness (QED) is 0.833. The molecule has 2 aliphatic rings. The summed E-state index contributed by atoms with van der Waals surface area (Å²) < 4.78 is 30.2. The molecule has 1 saturated carbocycles. The molecule has 2 aromatic heterocycles. The van der Waals surface area contributed by atoms with Crippen LogP contribution in [-0.4, -0.2) is 32.6 Å². The van der Waals surface area contributed by atoms with Gasteiger partial charge >= 0.3 is 5.69 Å². The maximum absolute atomic E-state index is 13.6. The number of piperidine rings is 1. The molecular weight excluding hydrogens is 338 g/mol. The second kappa shape index (κ2) is 5.79. The fraction of sp³-hybridized carbons (Fsp3) is 0.684. The molecule has 1 aliphatic heterocycles. The number of hydrogen-bond donors (Lipinski definition) is 0. The van der Waals surface area contributed by atoms with Crippen molar-refractivity contribution in [1.29, 1.82) is 0 Å². The Morgan fingerprint density at radius 1 is 1.31 bits per heavy atom. The molecule has 7 heteroatoms. The first-order valence-corrected chi connectivity index (χ1v) is 9.48. The average Bonchev–Trinajstić information content (AvgIpc) is 3.05. The van der Waals surface area contributed by atoms with Gasteiger partial charge in [0.2, 0.25) is 0 Å².